The number of rotatable bonds is 4. The first-order valence-corrected chi connectivity index (χ1v) is 7.39. The van der Waals surface area contributed by atoms with E-state index in [0.29, 0.717) is 17.1 Å². The fourth-order valence-corrected chi connectivity index (χ4v) is 2.26. The second-order valence-corrected chi connectivity index (χ2v) is 5.72. The molecule has 3 N–H and O–H groups in total. The summed E-state index contributed by atoms with van der Waals surface area (Å²) >= 11 is 9.10. The van der Waals surface area contributed by atoms with Crippen LogP contribution in [0.15, 0.2) is 41.0 Å². The van der Waals surface area contributed by atoms with Gasteiger partial charge in [0.25, 0.3) is 5.91 Å². The predicted molar refractivity (Wildman–Crippen MR) is 83.9 cm³/mol. The first kappa shape index (κ1) is 15.6. The molecule has 1 heterocycles. The summed E-state index contributed by atoms with van der Waals surface area (Å²) in [6, 6.07) is 8.94. The smallest absolute Gasteiger partial charge is 0.286 e. The second kappa shape index (κ2) is 7.28. The molecule has 0 aliphatic carbocycles. The molecule has 21 heavy (non-hydrogen) atoms. The van der Waals surface area contributed by atoms with E-state index in [4.69, 9.17) is 11.6 Å². The summed E-state index contributed by atoms with van der Waals surface area (Å²) in [5.41, 5.74) is 6.04. The molecule has 0 fully saturated rings. The van der Waals surface area contributed by atoms with Crippen molar-refractivity contribution >= 4 is 39.3 Å². The van der Waals surface area contributed by atoms with Crippen LogP contribution in [-0.4, -0.2) is 16.8 Å². The monoisotopic (exact) mass is 369 g/mol. The zero-order valence-electron chi connectivity index (χ0n) is 11.0. The lowest BCUT2D eigenvalue weighted by molar-refractivity contribution is -0.121. The minimum Gasteiger partial charge on any atom is -0.356 e. The van der Waals surface area contributed by atoms with E-state index in [1.807, 2.05) is 18.2 Å². The van der Waals surface area contributed by atoms with Crippen LogP contribution >= 0.6 is 27.5 Å². The molecule has 0 saturated heterocycles. The molecular formula is C14H13BrClN3O2. The summed E-state index contributed by atoms with van der Waals surface area (Å²) in [7, 11) is 0. The molecule has 1 aromatic carbocycles. The molecular weight excluding hydrogens is 358 g/mol. The highest BCUT2D eigenvalue weighted by Crippen LogP contribution is 2.12. The number of aromatic nitrogens is 1. The summed E-state index contributed by atoms with van der Waals surface area (Å²) in [5.74, 6) is -0.675. The molecule has 7 heteroatoms. The largest absolute Gasteiger partial charge is 0.356 e. The number of H-pyrrole nitrogens is 1. The van der Waals surface area contributed by atoms with Crippen molar-refractivity contribution in [1.82, 2.24) is 15.8 Å². The molecule has 0 radical (unpaired) electrons. The van der Waals surface area contributed by atoms with E-state index in [2.05, 4.69) is 31.8 Å². The number of hydrogen-bond acceptors (Lipinski definition) is 2. The minimum atomic E-state index is -0.406. The van der Waals surface area contributed by atoms with Crippen LogP contribution in [0.4, 0.5) is 0 Å². The third kappa shape index (κ3) is 4.91. The van der Waals surface area contributed by atoms with Gasteiger partial charge < -0.3 is 4.98 Å². The number of halogens is 2. The van der Waals surface area contributed by atoms with Crippen LogP contribution < -0.4 is 10.9 Å². The molecule has 0 spiro atoms. The van der Waals surface area contributed by atoms with Crippen molar-refractivity contribution in [2.45, 2.75) is 12.8 Å². The molecule has 0 aliphatic heterocycles. The van der Waals surface area contributed by atoms with Gasteiger partial charge in [0, 0.05) is 22.1 Å². The topological polar surface area (TPSA) is 74.0 Å². The Bertz CT molecular complexity index is 657. The highest BCUT2D eigenvalue weighted by Gasteiger charge is 2.09. The summed E-state index contributed by atoms with van der Waals surface area (Å²) in [6.07, 6.45) is 2.45. The molecule has 2 aromatic rings. The Morgan fingerprint density at radius 2 is 2.05 bits per heavy atom. The van der Waals surface area contributed by atoms with Crippen LogP contribution in [0.25, 0.3) is 0 Å². The number of amides is 2. The first-order chi connectivity index (χ1) is 10.0. The van der Waals surface area contributed by atoms with Crippen molar-refractivity contribution < 1.29 is 9.59 Å². The molecule has 2 amide bonds. The summed E-state index contributed by atoms with van der Waals surface area (Å²) < 4.78 is 0.764. The van der Waals surface area contributed by atoms with Gasteiger partial charge in [-0.05, 0) is 46.1 Å². The lowest BCUT2D eigenvalue weighted by Crippen LogP contribution is -2.41. The van der Waals surface area contributed by atoms with Crippen molar-refractivity contribution in [3.63, 3.8) is 0 Å². The average Bonchev–Trinajstić information content (AvgIpc) is 2.89. The number of hydrazine groups is 1. The third-order valence-corrected chi connectivity index (χ3v) is 3.43. The summed E-state index contributed by atoms with van der Waals surface area (Å²) in [5, 5.41) is 0.638. The van der Waals surface area contributed by atoms with Gasteiger partial charge in [0.1, 0.15) is 5.69 Å². The van der Waals surface area contributed by atoms with E-state index in [1.54, 1.807) is 18.3 Å². The average molecular weight is 371 g/mol. The number of aromatic amines is 1. The van der Waals surface area contributed by atoms with E-state index >= 15 is 0 Å². The number of hydrogen-bond donors (Lipinski definition) is 3. The molecule has 2 rings (SSSR count). The Labute approximate surface area is 135 Å². The van der Waals surface area contributed by atoms with Crippen LogP contribution in [0.3, 0.4) is 0 Å². The number of aryl methyl sites for hydroxylation is 1. The van der Waals surface area contributed by atoms with E-state index < -0.39 is 5.91 Å². The van der Waals surface area contributed by atoms with Crippen molar-refractivity contribution in [1.29, 1.82) is 0 Å². The zero-order valence-corrected chi connectivity index (χ0v) is 13.3. The van der Waals surface area contributed by atoms with Gasteiger partial charge in [0.2, 0.25) is 5.91 Å². The standard InChI is InChI=1S/C14H13BrClN3O2/c15-10-7-12(17-8-10)14(21)19-18-13(20)5-4-9-2-1-3-11(16)6-9/h1-3,6-8,17H,4-5H2,(H,18,20)(H,19,21). The third-order valence-electron chi connectivity index (χ3n) is 2.74. The van der Waals surface area contributed by atoms with Crippen LogP contribution in [-0.2, 0) is 11.2 Å². The van der Waals surface area contributed by atoms with Gasteiger partial charge in [-0.1, -0.05) is 23.7 Å². The van der Waals surface area contributed by atoms with Gasteiger partial charge in [-0.3, -0.25) is 20.4 Å². The van der Waals surface area contributed by atoms with E-state index in [1.165, 1.54) is 0 Å². The van der Waals surface area contributed by atoms with Gasteiger partial charge in [0.05, 0.1) is 0 Å². The van der Waals surface area contributed by atoms with Gasteiger partial charge >= 0.3 is 0 Å². The van der Waals surface area contributed by atoms with Crippen molar-refractivity contribution in [3.8, 4) is 0 Å². The van der Waals surface area contributed by atoms with Gasteiger partial charge in [-0.15, -0.1) is 0 Å². The molecule has 0 aliphatic rings. The maximum Gasteiger partial charge on any atom is 0.286 e. The van der Waals surface area contributed by atoms with Crippen LogP contribution in [0.5, 0.6) is 0 Å². The Hall–Kier alpha value is -1.79. The van der Waals surface area contributed by atoms with Gasteiger partial charge in [0.15, 0.2) is 0 Å². The normalized spacial score (nSPS) is 10.2. The molecule has 1 aromatic heterocycles. The predicted octanol–water partition coefficient (Wildman–Crippen LogP) is 2.82. The van der Waals surface area contributed by atoms with Gasteiger partial charge in [-0.25, -0.2) is 0 Å². The fraction of sp³-hybridized carbons (Fsp3) is 0.143. The zero-order chi connectivity index (χ0) is 15.2. The molecule has 0 atom stereocenters. The fourth-order valence-electron chi connectivity index (χ4n) is 1.71. The van der Waals surface area contributed by atoms with Crippen LogP contribution in [0.1, 0.15) is 22.5 Å². The van der Waals surface area contributed by atoms with Crippen molar-refractivity contribution in [2.75, 3.05) is 0 Å². The van der Waals surface area contributed by atoms with Gasteiger partial charge in [-0.2, -0.15) is 0 Å². The number of benzene rings is 1. The molecule has 110 valence electrons. The Balaban J connectivity index is 1.76. The molecule has 0 saturated carbocycles. The first-order valence-electron chi connectivity index (χ1n) is 6.22. The number of carbonyl (C=O) groups excluding carboxylic acids is 2. The second-order valence-electron chi connectivity index (χ2n) is 4.36. The molecule has 0 unspecified atom stereocenters. The highest BCUT2D eigenvalue weighted by molar-refractivity contribution is 9.10. The Morgan fingerprint density at radius 3 is 2.71 bits per heavy atom. The van der Waals surface area contributed by atoms with E-state index in [-0.39, 0.29) is 12.3 Å². The maximum absolute atomic E-state index is 11.7. The number of nitrogens with one attached hydrogen (secondary N) is 3. The Morgan fingerprint density at radius 1 is 1.24 bits per heavy atom. The minimum absolute atomic E-state index is 0.259. The van der Waals surface area contributed by atoms with Crippen LogP contribution in [0, 0.1) is 0 Å². The van der Waals surface area contributed by atoms with E-state index in [0.717, 1.165) is 10.0 Å². The van der Waals surface area contributed by atoms with Crippen molar-refractivity contribution in [3.05, 3.63) is 57.3 Å². The lowest BCUT2D eigenvalue weighted by atomic mass is 10.1. The molecule has 5 nitrogen and oxygen atoms in total. The molecule has 0 bridgehead atoms. The SMILES string of the molecule is O=C(CCc1cccc(Cl)c1)NNC(=O)c1cc(Br)c[nH]1. The van der Waals surface area contributed by atoms with Crippen molar-refractivity contribution in [2.24, 2.45) is 0 Å². The van der Waals surface area contributed by atoms with Crippen LogP contribution in [0.2, 0.25) is 5.02 Å². The Kier molecular flexibility index (Phi) is 5.41. The highest BCUT2D eigenvalue weighted by atomic mass is 79.9. The summed E-state index contributed by atoms with van der Waals surface area (Å²) in [4.78, 5) is 26.1. The lowest BCUT2D eigenvalue weighted by Gasteiger charge is -2.06. The quantitative estimate of drug-likeness (QED) is 0.724. The van der Waals surface area contributed by atoms with E-state index in [9.17, 15) is 9.59 Å². The number of carbonyl (C=O) groups is 2. The summed E-state index contributed by atoms with van der Waals surface area (Å²) in [6.45, 7) is 0. The maximum atomic E-state index is 11.7.